The van der Waals surface area contributed by atoms with Gasteiger partial charge in [-0.1, -0.05) is 25.5 Å². The molecule has 0 saturated carbocycles. The van der Waals surface area contributed by atoms with Gasteiger partial charge < -0.3 is 10.5 Å². The summed E-state index contributed by atoms with van der Waals surface area (Å²) in [6.45, 7) is 2.62. The first-order valence-electron chi connectivity index (χ1n) is 6.69. The predicted octanol–water partition coefficient (Wildman–Crippen LogP) is 3.11. The maximum atomic E-state index is 5.93. The van der Waals surface area contributed by atoms with E-state index in [-0.39, 0.29) is 6.10 Å². The monoisotopic (exact) mass is 256 g/mol. The number of rotatable bonds is 6. The molecule has 0 fully saturated rings. The molecule has 2 N–H and O–H groups in total. The Balaban J connectivity index is 2.06. The van der Waals surface area contributed by atoms with Gasteiger partial charge in [-0.25, -0.2) is 0 Å². The van der Waals surface area contributed by atoms with Crippen LogP contribution < -0.4 is 10.5 Å². The zero-order chi connectivity index (χ0) is 13.5. The molecule has 1 unspecified atom stereocenters. The molecule has 0 saturated heterocycles. The molecular weight excluding hydrogens is 236 g/mol. The zero-order valence-electron chi connectivity index (χ0n) is 11.3. The molecule has 0 amide bonds. The molecule has 0 radical (unpaired) electrons. The van der Waals surface area contributed by atoms with E-state index in [0.717, 1.165) is 24.2 Å². The Morgan fingerprint density at radius 1 is 1.11 bits per heavy atom. The first-order valence-corrected chi connectivity index (χ1v) is 6.69. The molecule has 3 heteroatoms. The van der Waals surface area contributed by atoms with Gasteiger partial charge in [0.15, 0.2) is 0 Å². The fourth-order valence-corrected chi connectivity index (χ4v) is 2.02. The van der Waals surface area contributed by atoms with Crippen LogP contribution in [0.1, 0.15) is 30.6 Å². The lowest BCUT2D eigenvalue weighted by atomic mass is 10.1. The molecule has 100 valence electrons. The molecule has 0 aliphatic carbocycles. The van der Waals surface area contributed by atoms with Gasteiger partial charge in [0.25, 0.3) is 0 Å². The van der Waals surface area contributed by atoms with Crippen molar-refractivity contribution in [3.05, 3.63) is 59.9 Å². The van der Waals surface area contributed by atoms with Gasteiger partial charge in [-0.05, 0) is 41.8 Å². The molecule has 2 rings (SSSR count). The summed E-state index contributed by atoms with van der Waals surface area (Å²) < 4.78 is 5.93. The number of hydrogen-bond donors (Lipinski definition) is 1. The molecule has 1 aromatic heterocycles. The summed E-state index contributed by atoms with van der Waals surface area (Å²) in [5.74, 6) is 0.854. The van der Waals surface area contributed by atoms with Crippen molar-refractivity contribution in [3.63, 3.8) is 0 Å². The third-order valence-electron chi connectivity index (χ3n) is 3.03. The van der Waals surface area contributed by atoms with E-state index in [0.29, 0.717) is 6.54 Å². The van der Waals surface area contributed by atoms with Gasteiger partial charge in [-0.15, -0.1) is 0 Å². The number of ether oxygens (including phenoxy) is 1. The van der Waals surface area contributed by atoms with Crippen LogP contribution in [0.3, 0.4) is 0 Å². The summed E-state index contributed by atoms with van der Waals surface area (Å²) in [6, 6.07) is 12.1. The van der Waals surface area contributed by atoms with E-state index in [4.69, 9.17) is 10.5 Å². The lowest BCUT2D eigenvalue weighted by molar-refractivity contribution is 0.214. The largest absolute Gasteiger partial charge is 0.484 e. The van der Waals surface area contributed by atoms with Gasteiger partial charge in [-0.3, -0.25) is 4.98 Å². The van der Waals surface area contributed by atoms with Crippen molar-refractivity contribution in [2.45, 2.75) is 25.9 Å². The van der Waals surface area contributed by atoms with Gasteiger partial charge in [-0.2, -0.15) is 0 Å². The van der Waals surface area contributed by atoms with Crippen LogP contribution in [0.15, 0.2) is 48.8 Å². The Kier molecular flexibility index (Phi) is 4.93. The van der Waals surface area contributed by atoms with Crippen molar-refractivity contribution in [2.24, 2.45) is 5.73 Å². The van der Waals surface area contributed by atoms with Crippen molar-refractivity contribution in [1.82, 2.24) is 4.98 Å². The second-order valence-electron chi connectivity index (χ2n) is 4.52. The van der Waals surface area contributed by atoms with E-state index in [1.165, 1.54) is 5.56 Å². The first kappa shape index (κ1) is 13.6. The Bertz CT molecular complexity index is 482. The molecule has 0 spiro atoms. The van der Waals surface area contributed by atoms with Crippen LogP contribution in [0.25, 0.3) is 0 Å². The molecule has 1 atom stereocenters. The number of pyridine rings is 1. The summed E-state index contributed by atoms with van der Waals surface area (Å²) in [5, 5.41) is 0. The van der Waals surface area contributed by atoms with Crippen LogP contribution in [0.2, 0.25) is 0 Å². The van der Waals surface area contributed by atoms with Gasteiger partial charge >= 0.3 is 0 Å². The van der Waals surface area contributed by atoms with Crippen LogP contribution in [0.5, 0.6) is 5.75 Å². The maximum absolute atomic E-state index is 5.93. The average Bonchev–Trinajstić information content (AvgIpc) is 2.48. The molecule has 0 aliphatic heterocycles. The fourth-order valence-electron chi connectivity index (χ4n) is 2.02. The minimum Gasteiger partial charge on any atom is -0.484 e. The molecule has 3 nitrogen and oxygen atoms in total. The Hall–Kier alpha value is -1.87. The van der Waals surface area contributed by atoms with Gasteiger partial charge in [0.1, 0.15) is 11.9 Å². The summed E-state index contributed by atoms with van der Waals surface area (Å²) in [7, 11) is 0. The highest BCUT2D eigenvalue weighted by Crippen LogP contribution is 2.21. The molecular formula is C16H20N2O. The van der Waals surface area contributed by atoms with E-state index >= 15 is 0 Å². The number of benzene rings is 1. The molecule has 0 bridgehead atoms. The summed E-state index contributed by atoms with van der Waals surface area (Å²) in [6.07, 6.45) is 5.64. The van der Waals surface area contributed by atoms with E-state index < -0.39 is 0 Å². The molecule has 1 aromatic carbocycles. The Morgan fingerprint density at radius 3 is 2.37 bits per heavy atom. The highest BCUT2D eigenvalue weighted by molar-refractivity contribution is 5.28. The summed E-state index contributed by atoms with van der Waals surface area (Å²) in [4.78, 5) is 4.00. The van der Waals surface area contributed by atoms with Crippen molar-refractivity contribution < 1.29 is 4.74 Å². The standard InChI is InChI=1S/C16H20N2O/c1-2-3-13-4-6-15(7-5-13)19-16(12-17)14-8-10-18-11-9-14/h4-11,16H,2-3,12,17H2,1H3. The van der Waals surface area contributed by atoms with Gasteiger partial charge in [0.2, 0.25) is 0 Å². The number of hydrogen-bond acceptors (Lipinski definition) is 3. The molecule has 2 aromatic rings. The summed E-state index contributed by atoms with van der Waals surface area (Å²) >= 11 is 0. The number of aromatic nitrogens is 1. The predicted molar refractivity (Wildman–Crippen MR) is 77.1 cm³/mol. The van der Waals surface area contributed by atoms with Crippen LogP contribution in [0, 0.1) is 0 Å². The Morgan fingerprint density at radius 2 is 1.79 bits per heavy atom. The number of nitrogens with zero attached hydrogens (tertiary/aromatic N) is 1. The first-order chi connectivity index (χ1) is 9.33. The minimum atomic E-state index is -0.125. The van der Waals surface area contributed by atoms with Crippen molar-refractivity contribution in [2.75, 3.05) is 6.54 Å². The highest BCUT2D eigenvalue weighted by atomic mass is 16.5. The number of aryl methyl sites for hydroxylation is 1. The van der Waals surface area contributed by atoms with Gasteiger partial charge in [0.05, 0.1) is 0 Å². The SMILES string of the molecule is CCCc1ccc(OC(CN)c2ccncc2)cc1. The smallest absolute Gasteiger partial charge is 0.136 e. The maximum Gasteiger partial charge on any atom is 0.136 e. The topological polar surface area (TPSA) is 48.1 Å². The Labute approximate surface area is 114 Å². The number of nitrogens with two attached hydrogens (primary N) is 1. The quantitative estimate of drug-likeness (QED) is 0.864. The van der Waals surface area contributed by atoms with E-state index in [9.17, 15) is 0 Å². The molecule has 0 aliphatic rings. The zero-order valence-corrected chi connectivity index (χ0v) is 11.3. The van der Waals surface area contributed by atoms with E-state index in [1.807, 2.05) is 24.3 Å². The second-order valence-corrected chi connectivity index (χ2v) is 4.52. The lowest BCUT2D eigenvalue weighted by Gasteiger charge is -2.17. The summed E-state index contributed by atoms with van der Waals surface area (Å²) in [5.41, 5.74) is 8.17. The second kappa shape index (κ2) is 6.90. The van der Waals surface area contributed by atoms with Gasteiger partial charge in [0, 0.05) is 18.9 Å². The minimum absolute atomic E-state index is 0.125. The highest BCUT2D eigenvalue weighted by Gasteiger charge is 2.10. The third kappa shape index (κ3) is 3.80. The van der Waals surface area contributed by atoms with Crippen molar-refractivity contribution in [1.29, 1.82) is 0 Å². The lowest BCUT2D eigenvalue weighted by Crippen LogP contribution is -2.18. The molecule has 19 heavy (non-hydrogen) atoms. The van der Waals surface area contributed by atoms with Crippen molar-refractivity contribution in [3.8, 4) is 5.75 Å². The normalized spacial score (nSPS) is 12.1. The van der Waals surface area contributed by atoms with E-state index in [1.54, 1.807) is 12.4 Å². The molecule has 1 heterocycles. The third-order valence-corrected chi connectivity index (χ3v) is 3.03. The van der Waals surface area contributed by atoms with Crippen LogP contribution in [0.4, 0.5) is 0 Å². The van der Waals surface area contributed by atoms with Crippen molar-refractivity contribution >= 4 is 0 Å². The van der Waals surface area contributed by atoms with Crippen LogP contribution in [-0.2, 0) is 6.42 Å². The van der Waals surface area contributed by atoms with Crippen LogP contribution >= 0.6 is 0 Å². The van der Waals surface area contributed by atoms with E-state index in [2.05, 4.69) is 24.0 Å². The average molecular weight is 256 g/mol. The van der Waals surface area contributed by atoms with Crippen LogP contribution in [-0.4, -0.2) is 11.5 Å². The fraction of sp³-hybridized carbons (Fsp3) is 0.312.